The van der Waals surface area contributed by atoms with Crippen molar-refractivity contribution in [1.82, 2.24) is 15.2 Å². The van der Waals surface area contributed by atoms with Crippen LogP contribution in [0.5, 0.6) is 0 Å². The van der Waals surface area contributed by atoms with Gasteiger partial charge in [0.2, 0.25) is 5.91 Å². The van der Waals surface area contributed by atoms with Crippen LogP contribution in [0.1, 0.15) is 52.4 Å². The van der Waals surface area contributed by atoms with Crippen molar-refractivity contribution in [2.24, 2.45) is 0 Å². The molecule has 0 aromatic carbocycles. The van der Waals surface area contributed by atoms with Crippen LogP contribution in [0.2, 0.25) is 0 Å². The minimum Gasteiger partial charge on any atom is -0.354 e. The number of hydrogen-bond acceptors (Lipinski definition) is 3. The van der Waals surface area contributed by atoms with E-state index >= 15 is 0 Å². The number of carbonyl (C=O) groups is 3. The van der Waals surface area contributed by atoms with E-state index in [1.807, 2.05) is 6.92 Å². The van der Waals surface area contributed by atoms with Crippen LogP contribution in [0.4, 0.5) is 0 Å². The standard InChI is InChI=1S/C15H23N3O3/c1-6-11-13(10(3)19)9(2)17-14(11)15(21)16-8-7-12(20)18(4)5/h17H,6-8H2,1-5H3,(H,16,21). The van der Waals surface area contributed by atoms with Gasteiger partial charge in [-0.15, -0.1) is 0 Å². The van der Waals surface area contributed by atoms with E-state index in [4.69, 9.17) is 0 Å². The summed E-state index contributed by atoms with van der Waals surface area (Å²) in [4.78, 5) is 39.8. The quantitative estimate of drug-likeness (QED) is 0.775. The Hall–Kier alpha value is -2.11. The van der Waals surface area contributed by atoms with Gasteiger partial charge in [-0.25, -0.2) is 0 Å². The third kappa shape index (κ3) is 3.93. The molecule has 0 saturated carbocycles. The number of H-pyrrole nitrogens is 1. The van der Waals surface area contributed by atoms with E-state index in [9.17, 15) is 14.4 Å². The van der Waals surface area contributed by atoms with Crippen molar-refractivity contribution in [3.63, 3.8) is 0 Å². The Labute approximate surface area is 124 Å². The van der Waals surface area contributed by atoms with Crippen molar-refractivity contribution < 1.29 is 14.4 Å². The molecule has 0 aliphatic heterocycles. The fraction of sp³-hybridized carbons (Fsp3) is 0.533. The zero-order chi connectivity index (χ0) is 16.2. The average molecular weight is 293 g/mol. The van der Waals surface area contributed by atoms with Crippen molar-refractivity contribution in [3.05, 3.63) is 22.5 Å². The Balaban J connectivity index is 2.82. The second-order valence-corrected chi connectivity index (χ2v) is 5.18. The first-order chi connectivity index (χ1) is 9.79. The van der Waals surface area contributed by atoms with Gasteiger partial charge >= 0.3 is 0 Å². The zero-order valence-electron chi connectivity index (χ0n) is 13.3. The first-order valence-corrected chi connectivity index (χ1v) is 7.00. The summed E-state index contributed by atoms with van der Waals surface area (Å²) in [5.74, 6) is -0.380. The summed E-state index contributed by atoms with van der Waals surface area (Å²) in [6.07, 6.45) is 0.845. The number of nitrogens with one attached hydrogen (secondary N) is 2. The van der Waals surface area contributed by atoms with E-state index in [0.717, 1.165) is 5.56 Å². The normalized spacial score (nSPS) is 10.3. The molecule has 0 aliphatic rings. The summed E-state index contributed by atoms with van der Waals surface area (Å²) >= 11 is 0. The third-order valence-corrected chi connectivity index (χ3v) is 3.35. The molecule has 6 heteroatoms. The smallest absolute Gasteiger partial charge is 0.268 e. The molecular weight excluding hydrogens is 270 g/mol. The van der Waals surface area contributed by atoms with Crippen LogP contribution in [0.15, 0.2) is 0 Å². The van der Waals surface area contributed by atoms with Gasteiger partial charge in [0, 0.05) is 38.3 Å². The molecule has 0 bridgehead atoms. The van der Waals surface area contributed by atoms with Gasteiger partial charge in [-0.05, 0) is 25.8 Å². The number of aromatic amines is 1. The highest BCUT2D eigenvalue weighted by Gasteiger charge is 2.21. The molecule has 1 heterocycles. The highest BCUT2D eigenvalue weighted by molar-refractivity contribution is 6.02. The van der Waals surface area contributed by atoms with Crippen molar-refractivity contribution in [3.8, 4) is 0 Å². The number of carbonyl (C=O) groups excluding carboxylic acids is 3. The number of aromatic nitrogens is 1. The van der Waals surface area contributed by atoms with Gasteiger partial charge < -0.3 is 15.2 Å². The molecule has 0 spiro atoms. The van der Waals surface area contributed by atoms with Crippen LogP contribution in [0, 0.1) is 6.92 Å². The van der Waals surface area contributed by atoms with E-state index in [1.54, 1.807) is 21.0 Å². The topological polar surface area (TPSA) is 82.3 Å². The highest BCUT2D eigenvalue weighted by Crippen LogP contribution is 2.20. The summed E-state index contributed by atoms with van der Waals surface area (Å²) in [6.45, 7) is 5.45. The monoisotopic (exact) mass is 293 g/mol. The van der Waals surface area contributed by atoms with Crippen LogP contribution in [-0.4, -0.2) is 48.1 Å². The number of nitrogens with zero attached hydrogens (tertiary/aromatic N) is 1. The van der Waals surface area contributed by atoms with E-state index in [2.05, 4.69) is 10.3 Å². The van der Waals surface area contributed by atoms with Gasteiger partial charge in [0.15, 0.2) is 5.78 Å². The molecule has 2 amide bonds. The lowest BCUT2D eigenvalue weighted by Crippen LogP contribution is -2.30. The lowest BCUT2D eigenvalue weighted by molar-refractivity contribution is -0.128. The number of Topliss-reactive ketones (excluding diaryl/α,β-unsaturated/α-hetero) is 1. The summed E-state index contributed by atoms with van der Waals surface area (Å²) in [6, 6.07) is 0. The van der Waals surface area contributed by atoms with Gasteiger partial charge in [-0.2, -0.15) is 0 Å². The number of rotatable bonds is 6. The van der Waals surface area contributed by atoms with Crippen LogP contribution in [0.25, 0.3) is 0 Å². The number of ketones is 1. The van der Waals surface area contributed by atoms with Gasteiger partial charge in [0.25, 0.3) is 5.91 Å². The number of aryl methyl sites for hydroxylation is 1. The molecule has 0 radical (unpaired) electrons. The molecule has 116 valence electrons. The Morgan fingerprint density at radius 1 is 1.24 bits per heavy atom. The maximum atomic E-state index is 12.2. The first-order valence-electron chi connectivity index (χ1n) is 7.00. The molecule has 1 rings (SSSR count). The second kappa shape index (κ2) is 7.06. The van der Waals surface area contributed by atoms with Crippen molar-refractivity contribution in [1.29, 1.82) is 0 Å². The fourth-order valence-electron chi connectivity index (χ4n) is 2.30. The lowest BCUT2D eigenvalue weighted by Gasteiger charge is -2.10. The van der Waals surface area contributed by atoms with Crippen LogP contribution < -0.4 is 5.32 Å². The minimum atomic E-state index is -0.283. The van der Waals surface area contributed by atoms with E-state index in [1.165, 1.54) is 11.8 Å². The summed E-state index contributed by atoms with van der Waals surface area (Å²) in [7, 11) is 3.35. The Morgan fingerprint density at radius 3 is 2.33 bits per heavy atom. The summed E-state index contributed by atoms with van der Waals surface area (Å²) in [5, 5.41) is 2.71. The predicted molar refractivity (Wildman–Crippen MR) is 80.6 cm³/mol. The zero-order valence-corrected chi connectivity index (χ0v) is 13.3. The van der Waals surface area contributed by atoms with E-state index in [0.29, 0.717) is 23.4 Å². The van der Waals surface area contributed by atoms with Gasteiger partial charge in [0.05, 0.1) is 0 Å². The first kappa shape index (κ1) is 16.9. The molecule has 2 N–H and O–H groups in total. The molecule has 6 nitrogen and oxygen atoms in total. The van der Waals surface area contributed by atoms with E-state index < -0.39 is 0 Å². The highest BCUT2D eigenvalue weighted by atomic mass is 16.2. The maximum Gasteiger partial charge on any atom is 0.268 e. The van der Waals surface area contributed by atoms with Crippen molar-refractivity contribution in [2.45, 2.75) is 33.6 Å². The van der Waals surface area contributed by atoms with Crippen LogP contribution in [-0.2, 0) is 11.2 Å². The Morgan fingerprint density at radius 2 is 1.86 bits per heavy atom. The largest absolute Gasteiger partial charge is 0.354 e. The Kier molecular flexibility index (Phi) is 5.69. The SMILES string of the molecule is CCc1c(C(=O)NCCC(=O)N(C)C)[nH]c(C)c1C(C)=O. The molecule has 1 aromatic rings. The summed E-state index contributed by atoms with van der Waals surface area (Å²) < 4.78 is 0. The lowest BCUT2D eigenvalue weighted by atomic mass is 10.0. The molecule has 21 heavy (non-hydrogen) atoms. The Bertz CT molecular complexity index is 559. The van der Waals surface area contributed by atoms with Gasteiger partial charge in [-0.1, -0.05) is 6.92 Å². The van der Waals surface area contributed by atoms with Crippen LogP contribution in [0.3, 0.4) is 0 Å². The molecule has 1 aromatic heterocycles. The maximum absolute atomic E-state index is 12.2. The molecule has 0 fully saturated rings. The molecule has 0 unspecified atom stereocenters. The second-order valence-electron chi connectivity index (χ2n) is 5.18. The molecule has 0 aliphatic carbocycles. The molecular formula is C15H23N3O3. The fourth-order valence-corrected chi connectivity index (χ4v) is 2.30. The third-order valence-electron chi connectivity index (χ3n) is 3.35. The number of hydrogen-bond donors (Lipinski definition) is 2. The molecule has 0 atom stereocenters. The van der Waals surface area contributed by atoms with Gasteiger partial charge in [-0.3, -0.25) is 14.4 Å². The molecule has 0 saturated heterocycles. The summed E-state index contributed by atoms with van der Waals surface area (Å²) in [5.41, 5.74) is 2.44. The predicted octanol–water partition coefficient (Wildman–Crippen LogP) is 1.30. The van der Waals surface area contributed by atoms with Gasteiger partial charge in [0.1, 0.15) is 5.69 Å². The van der Waals surface area contributed by atoms with E-state index in [-0.39, 0.29) is 30.6 Å². The van der Waals surface area contributed by atoms with Crippen molar-refractivity contribution in [2.75, 3.05) is 20.6 Å². The minimum absolute atomic E-state index is 0.0434. The number of amides is 2. The van der Waals surface area contributed by atoms with Crippen molar-refractivity contribution >= 4 is 17.6 Å². The average Bonchev–Trinajstić information content (AvgIpc) is 2.75. The van der Waals surface area contributed by atoms with Crippen LogP contribution >= 0.6 is 0 Å².